The van der Waals surface area contributed by atoms with Gasteiger partial charge in [0.15, 0.2) is 0 Å². The van der Waals surface area contributed by atoms with E-state index < -0.39 is 11.9 Å². The molecule has 2 aromatic carbocycles. The number of likely N-dealkylation sites (tertiary alicyclic amines) is 1. The lowest BCUT2D eigenvalue weighted by Gasteiger charge is -2.16. The van der Waals surface area contributed by atoms with Crippen LogP contribution in [0.4, 0.5) is 0 Å². The van der Waals surface area contributed by atoms with Crippen LogP contribution >= 0.6 is 0 Å². The molecule has 0 bridgehead atoms. The largest absolute Gasteiger partial charge is 0.493 e. The number of aliphatic carboxylic acids is 1. The van der Waals surface area contributed by atoms with E-state index >= 15 is 0 Å². The van der Waals surface area contributed by atoms with Crippen LogP contribution in [0.25, 0.3) is 10.8 Å². The highest BCUT2D eigenvalue weighted by atomic mass is 16.5. The zero-order valence-corrected chi connectivity index (χ0v) is 13.5. The molecule has 0 radical (unpaired) electrons. The minimum Gasteiger partial charge on any atom is -0.493 e. The number of carbonyl (C=O) groups is 2. The molecule has 1 unspecified atom stereocenters. The Balaban J connectivity index is 1.47. The zero-order chi connectivity index (χ0) is 16.9. The number of carbonyl (C=O) groups excluding carboxylic acids is 1. The maximum Gasteiger partial charge on any atom is 0.308 e. The number of hydrogen-bond donors (Lipinski definition) is 1. The summed E-state index contributed by atoms with van der Waals surface area (Å²) in [6.07, 6.45) is 1.56. The van der Waals surface area contributed by atoms with Gasteiger partial charge in [0.1, 0.15) is 5.75 Å². The van der Waals surface area contributed by atoms with Gasteiger partial charge in [0.2, 0.25) is 5.91 Å². The molecule has 0 aromatic heterocycles. The Bertz CT molecular complexity index is 738. The number of carboxylic acid groups (broad SMARTS) is 1. The third-order valence-electron chi connectivity index (χ3n) is 4.43. The molecule has 1 N–H and O–H groups in total. The van der Waals surface area contributed by atoms with Crippen molar-refractivity contribution >= 4 is 22.6 Å². The lowest BCUT2D eigenvalue weighted by molar-refractivity contribution is -0.141. The number of rotatable bonds is 6. The van der Waals surface area contributed by atoms with Crippen LogP contribution < -0.4 is 4.74 Å². The smallest absolute Gasteiger partial charge is 0.308 e. The predicted octanol–water partition coefficient (Wildman–Crippen LogP) is 2.93. The Morgan fingerprint density at radius 3 is 2.75 bits per heavy atom. The van der Waals surface area contributed by atoms with Crippen LogP contribution in [0.15, 0.2) is 42.5 Å². The molecule has 5 nitrogen and oxygen atoms in total. The quantitative estimate of drug-likeness (QED) is 0.829. The third kappa shape index (κ3) is 3.67. The van der Waals surface area contributed by atoms with Crippen molar-refractivity contribution in [3.8, 4) is 5.75 Å². The van der Waals surface area contributed by atoms with Gasteiger partial charge in [-0.2, -0.15) is 0 Å². The third-order valence-corrected chi connectivity index (χ3v) is 4.43. The van der Waals surface area contributed by atoms with Crippen LogP contribution in [0.5, 0.6) is 5.75 Å². The Morgan fingerprint density at radius 2 is 1.96 bits per heavy atom. The Kier molecular flexibility index (Phi) is 4.99. The molecule has 2 aromatic rings. The van der Waals surface area contributed by atoms with E-state index in [0.717, 1.165) is 16.5 Å². The van der Waals surface area contributed by atoms with E-state index in [1.165, 1.54) is 0 Å². The summed E-state index contributed by atoms with van der Waals surface area (Å²) in [5, 5.41) is 11.2. The van der Waals surface area contributed by atoms with Gasteiger partial charge >= 0.3 is 5.97 Å². The summed E-state index contributed by atoms with van der Waals surface area (Å²) in [5.74, 6) is -0.390. The summed E-state index contributed by atoms with van der Waals surface area (Å²) >= 11 is 0. The molecule has 5 heteroatoms. The number of nitrogens with zero attached hydrogens (tertiary/aromatic N) is 1. The fraction of sp³-hybridized carbons (Fsp3) is 0.368. The number of carboxylic acids is 1. The molecular weight excluding hydrogens is 306 g/mol. The molecule has 3 rings (SSSR count). The lowest BCUT2D eigenvalue weighted by Crippen LogP contribution is -2.30. The molecule has 1 heterocycles. The molecule has 126 valence electrons. The van der Waals surface area contributed by atoms with Crippen LogP contribution in [0.3, 0.4) is 0 Å². The first-order chi connectivity index (χ1) is 11.6. The highest BCUT2D eigenvalue weighted by molar-refractivity contribution is 5.88. The van der Waals surface area contributed by atoms with E-state index in [2.05, 4.69) is 0 Å². The molecular formula is C19H21NO4. The minimum atomic E-state index is -0.815. The van der Waals surface area contributed by atoms with Crippen molar-refractivity contribution in [3.63, 3.8) is 0 Å². The van der Waals surface area contributed by atoms with Crippen LogP contribution in [-0.2, 0) is 9.59 Å². The van der Waals surface area contributed by atoms with Gasteiger partial charge in [0.05, 0.1) is 12.5 Å². The van der Waals surface area contributed by atoms with Crippen LogP contribution in [0.2, 0.25) is 0 Å². The molecule has 24 heavy (non-hydrogen) atoms. The summed E-state index contributed by atoms with van der Waals surface area (Å²) in [6, 6.07) is 14.0. The van der Waals surface area contributed by atoms with Crippen LogP contribution in [0, 0.1) is 5.92 Å². The number of amides is 1. The van der Waals surface area contributed by atoms with E-state index in [1.54, 1.807) is 4.90 Å². The van der Waals surface area contributed by atoms with Gasteiger partial charge in [-0.3, -0.25) is 9.59 Å². The van der Waals surface area contributed by atoms with Gasteiger partial charge in [-0.05, 0) is 24.3 Å². The van der Waals surface area contributed by atoms with Gasteiger partial charge in [0.25, 0.3) is 0 Å². The second kappa shape index (κ2) is 7.34. The average molecular weight is 327 g/mol. The number of fused-ring (bicyclic) bond motifs is 1. The first-order valence-corrected chi connectivity index (χ1v) is 8.26. The van der Waals surface area contributed by atoms with Crippen LogP contribution in [0.1, 0.15) is 19.3 Å². The zero-order valence-electron chi connectivity index (χ0n) is 13.5. The maximum absolute atomic E-state index is 12.1. The Morgan fingerprint density at radius 1 is 1.17 bits per heavy atom. The van der Waals surface area contributed by atoms with E-state index in [0.29, 0.717) is 39.0 Å². The Labute approximate surface area is 140 Å². The average Bonchev–Trinajstić information content (AvgIpc) is 3.09. The van der Waals surface area contributed by atoms with E-state index in [-0.39, 0.29) is 5.91 Å². The van der Waals surface area contributed by atoms with Gasteiger partial charge in [-0.15, -0.1) is 0 Å². The van der Waals surface area contributed by atoms with Crippen molar-refractivity contribution < 1.29 is 19.4 Å². The SMILES string of the molecule is O=C(O)C1CCN(C(=O)CCCOc2cccc3ccccc23)C1. The highest BCUT2D eigenvalue weighted by Gasteiger charge is 2.30. The predicted molar refractivity (Wildman–Crippen MR) is 91.0 cm³/mol. The second-order valence-corrected chi connectivity index (χ2v) is 6.09. The molecule has 1 aliphatic heterocycles. The lowest BCUT2D eigenvalue weighted by atomic mass is 10.1. The first kappa shape index (κ1) is 16.3. The first-order valence-electron chi connectivity index (χ1n) is 8.26. The van der Waals surface area contributed by atoms with Crippen molar-refractivity contribution in [2.24, 2.45) is 5.92 Å². The van der Waals surface area contributed by atoms with Gasteiger partial charge in [-0.25, -0.2) is 0 Å². The molecule has 1 aliphatic rings. The summed E-state index contributed by atoms with van der Waals surface area (Å²) in [5.41, 5.74) is 0. The summed E-state index contributed by atoms with van der Waals surface area (Å²) in [6.45, 7) is 1.34. The standard InChI is InChI=1S/C19H21NO4/c21-18(20-11-10-15(13-20)19(22)23)9-4-12-24-17-8-3-6-14-5-1-2-7-16(14)17/h1-3,5-8,15H,4,9-13H2,(H,22,23). The summed E-state index contributed by atoms with van der Waals surface area (Å²) in [7, 11) is 0. The van der Waals surface area contributed by atoms with Crippen molar-refractivity contribution in [1.82, 2.24) is 4.90 Å². The van der Waals surface area contributed by atoms with Crippen LogP contribution in [-0.4, -0.2) is 41.6 Å². The van der Waals surface area contributed by atoms with Gasteiger partial charge in [-0.1, -0.05) is 36.4 Å². The number of hydrogen-bond acceptors (Lipinski definition) is 3. The van der Waals surface area contributed by atoms with Crippen molar-refractivity contribution in [3.05, 3.63) is 42.5 Å². The topological polar surface area (TPSA) is 66.8 Å². The Hall–Kier alpha value is -2.56. The van der Waals surface area contributed by atoms with Crippen molar-refractivity contribution in [1.29, 1.82) is 0 Å². The van der Waals surface area contributed by atoms with E-state index in [9.17, 15) is 9.59 Å². The molecule has 0 saturated carbocycles. The number of ether oxygens (including phenoxy) is 1. The van der Waals surface area contributed by atoms with Crippen molar-refractivity contribution in [2.75, 3.05) is 19.7 Å². The summed E-state index contributed by atoms with van der Waals surface area (Å²) in [4.78, 5) is 24.7. The fourth-order valence-electron chi connectivity index (χ4n) is 3.07. The minimum absolute atomic E-state index is 0.0141. The number of benzene rings is 2. The normalized spacial score (nSPS) is 17.2. The van der Waals surface area contributed by atoms with E-state index in [4.69, 9.17) is 9.84 Å². The molecule has 1 saturated heterocycles. The van der Waals surface area contributed by atoms with E-state index in [1.807, 2.05) is 42.5 Å². The molecule has 1 atom stereocenters. The molecule has 1 amide bonds. The maximum atomic E-state index is 12.1. The van der Waals surface area contributed by atoms with Crippen molar-refractivity contribution in [2.45, 2.75) is 19.3 Å². The second-order valence-electron chi connectivity index (χ2n) is 6.09. The molecule has 1 fully saturated rings. The fourth-order valence-corrected chi connectivity index (χ4v) is 3.07. The monoisotopic (exact) mass is 327 g/mol. The summed E-state index contributed by atoms with van der Waals surface area (Å²) < 4.78 is 5.83. The van der Waals surface area contributed by atoms with Gasteiger partial charge < -0.3 is 14.7 Å². The molecule has 0 aliphatic carbocycles. The molecule has 0 spiro atoms. The highest BCUT2D eigenvalue weighted by Crippen LogP contribution is 2.25. The van der Waals surface area contributed by atoms with Gasteiger partial charge in [0, 0.05) is 24.9 Å².